The highest BCUT2D eigenvalue weighted by molar-refractivity contribution is 6.13. The van der Waals surface area contributed by atoms with Gasteiger partial charge in [0.2, 0.25) is 0 Å². The van der Waals surface area contributed by atoms with E-state index in [9.17, 15) is 18.8 Å². The second kappa shape index (κ2) is 7.67. The van der Waals surface area contributed by atoms with Gasteiger partial charge in [0.15, 0.2) is 0 Å². The number of amides is 3. The van der Waals surface area contributed by atoms with E-state index in [4.69, 9.17) is 9.52 Å². The average molecular weight is 406 g/mol. The maximum atomic E-state index is 13.0. The Balaban J connectivity index is 1.51. The predicted molar refractivity (Wildman–Crippen MR) is 105 cm³/mol. The Hall–Kier alpha value is -4.20. The fraction of sp³-hybridized carbons (Fsp3) is 0.0455. The molecule has 0 spiro atoms. The molecule has 1 saturated heterocycles. The number of carbonyl (C=O) groups is 3. The van der Waals surface area contributed by atoms with Gasteiger partial charge in [0.1, 0.15) is 23.0 Å². The molecule has 0 atom stereocenters. The van der Waals surface area contributed by atoms with Gasteiger partial charge < -0.3 is 14.8 Å². The lowest BCUT2D eigenvalue weighted by Crippen LogP contribution is -2.30. The molecule has 0 saturated carbocycles. The molecular formula is C22H15FN2O5. The highest BCUT2D eigenvalue weighted by atomic mass is 19.1. The van der Waals surface area contributed by atoms with Crippen molar-refractivity contribution in [1.29, 1.82) is 0 Å². The second-order valence-corrected chi connectivity index (χ2v) is 6.59. The van der Waals surface area contributed by atoms with Gasteiger partial charge in [0.25, 0.3) is 5.91 Å². The predicted octanol–water partition coefficient (Wildman–Crippen LogP) is 3.88. The van der Waals surface area contributed by atoms with Crippen molar-refractivity contribution < 1.29 is 28.3 Å². The molecule has 7 nitrogen and oxygen atoms in total. The summed E-state index contributed by atoms with van der Waals surface area (Å²) in [5.41, 5.74) is 1.51. The minimum absolute atomic E-state index is 0.0155. The van der Waals surface area contributed by atoms with E-state index in [0.29, 0.717) is 22.6 Å². The fourth-order valence-corrected chi connectivity index (χ4v) is 2.99. The normalized spacial score (nSPS) is 15.0. The molecule has 3 amide bonds. The monoisotopic (exact) mass is 406 g/mol. The molecule has 1 aromatic heterocycles. The molecule has 2 aromatic carbocycles. The molecule has 1 aliphatic heterocycles. The minimum atomic E-state index is -1.02. The van der Waals surface area contributed by atoms with Crippen molar-refractivity contribution in [2.75, 3.05) is 0 Å². The first-order valence-electron chi connectivity index (χ1n) is 8.93. The number of furan rings is 1. The quantitative estimate of drug-likeness (QED) is 0.495. The summed E-state index contributed by atoms with van der Waals surface area (Å²) in [6, 6.07) is 14.4. The zero-order valence-electron chi connectivity index (χ0n) is 15.5. The van der Waals surface area contributed by atoms with Crippen LogP contribution in [0.15, 0.2) is 70.8 Å². The molecule has 8 heteroatoms. The number of carboxylic acid groups (broad SMARTS) is 1. The van der Waals surface area contributed by atoms with E-state index < -0.39 is 23.7 Å². The van der Waals surface area contributed by atoms with Crippen molar-refractivity contribution in [3.8, 4) is 11.3 Å². The van der Waals surface area contributed by atoms with Crippen LogP contribution < -0.4 is 5.32 Å². The van der Waals surface area contributed by atoms with Crippen LogP contribution in [0.2, 0.25) is 0 Å². The zero-order chi connectivity index (χ0) is 21.3. The molecule has 0 radical (unpaired) electrons. The number of rotatable bonds is 5. The van der Waals surface area contributed by atoms with E-state index >= 15 is 0 Å². The topological polar surface area (TPSA) is 99.9 Å². The third-order valence-corrected chi connectivity index (χ3v) is 4.55. The highest BCUT2D eigenvalue weighted by Gasteiger charge is 2.33. The minimum Gasteiger partial charge on any atom is -0.478 e. The lowest BCUT2D eigenvalue weighted by Gasteiger charge is -2.11. The van der Waals surface area contributed by atoms with E-state index in [1.54, 1.807) is 24.3 Å². The number of carboxylic acids is 1. The Kier molecular flexibility index (Phi) is 4.89. The molecule has 1 fully saturated rings. The molecule has 0 unspecified atom stereocenters. The van der Waals surface area contributed by atoms with Crippen LogP contribution in [0.5, 0.6) is 0 Å². The molecule has 4 rings (SSSR count). The highest BCUT2D eigenvalue weighted by Crippen LogP contribution is 2.25. The van der Waals surface area contributed by atoms with E-state index in [1.165, 1.54) is 42.5 Å². The van der Waals surface area contributed by atoms with Gasteiger partial charge in [0, 0.05) is 11.6 Å². The fourth-order valence-electron chi connectivity index (χ4n) is 2.99. The molecule has 150 valence electrons. The molecule has 2 heterocycles. The van der Waals surface area contributed by atoms with Gasteiger partial charge in [-0.15, -0.1) is 0 Å². The number of hydrogen-bond donors (Lipinski definition) is 2. The van der Waals surface area contributed by atoms with Crippen molar-refractivity contribution in [1.82, 2.24) is 10.2 Å². The third-order valence-electron chi connectivity index (χ3n) is 4.55. The standard InChI is InChI=1S/C22H15FN2O5/c23-16-7-1-13(2-8-16)12-25-20(26)18(24-22(25)29)11-17-9-10-19(30-17)14-3-5-15(6-4-14)21(27)28/h1-11H,12H2,(H,24,29)(H,27,28)/b18-11-. The first-order valence-corrected chi connectivity index (χ1v) is 8.93. The average Bonchev–Trinajstić information content (AvgIpc) is 3.30. The van der Waals surface area contributed by atoms with Crippen LogP contribution in [0.1, 0.15) is 21.7 Å². The number of benzene rings is 2. The Morgan fingerprint density at radius 3 is 2.40 bits per heavy atom. The SMILES string of the molecule is O=C(O)c1ccc(-c2ccc(/C=C3\NC(=O)N(Cc4ccc(F)cc4)C3=O)o2)cc1. The molecular weight excluding hydrogens is 391 g/mol. The summed E-state index contributed by atoms with van der Waals surface area (Å²) in [5, 5.41) is 11.5. The number of urea groups is 1. The van der Waals surface area contributed by atoms with Crippen molar-refractivity contribution in [2.45, 2.75) is 6.54 Å². The van der Waals surface area contributed by atoms with Gasteiger partial charge in [-0.25, -0.2) is 14.0 Å². The summed E-state index contributed by atoms with van der Waals surface area (Å²) in [7, 11) is 0. The maximum Gasteiger partial charge on any atom is 0.335 e. The summed E-state index contributed by atoms with van der Waals surface area (Å²) < 4.78 is 18.7. The number of aromatic carboxylic acids is 1. The van der Waals surface area contributed by atoms with E-state index in [0.717, 1.165) is 4.90 Å². The Morgan fingerprint density at radius 1 is 1.03 bits per heavy atom. The second-order valence-electron chi connectivity index (χ2n) is 6.59. The summed E-state index contributed by atoms with van der Waals surface area (Å²) in [4.78, 5) is 36.7. The summed E-state index contributed by atoms with van der Waals surface area (Å²) in [5.74, 6) is -1.11. The van der Waals surface area contributed by atoms with Crippen LogP contribution >= 0.6 is 0 Å². The van der Waals surface area contributed by atoms with Crippen LogP contribution in [0.4, 0.5) is 9.18 Å². The third kappa shape index (κ3) is 3.83. The van der Waals surface area contributed by atoms with Gasteiger partial charge in [-0.3, -0.25) is 9.69 Å². The first kappa shape index (κ1) is 19.1. The van der Waals surface area contributed by atoms with Gasteiger partial charge in [-0.05, 0) is 42.0 Å². The largest absolute Gasteiger partial charge is 0.478 e. The van der Waals surface area contributed by atoms with Gasteiger partial charge in [-0.2, -0.15) is 0 Å². The van der Waals surface area contributed by atoms with Crippen molar-refractivity contribution in [2.24, 2.45) is 0 Å². The first-order chi connectivity index (χ1) is 14.4. The van der Waals surface area contributed by atoms with Crippen LogP contribution in [0.25, 0.3) is 17.4 Å². The Morgan fingerprint density at radius 2 is 1.73 bits per heavy atom. The van der Waals surface area contributed by atoms with E-state index in [2.05, 4.69) is 5.32 Å². The van der Waals surface area contributed by atoms with Gasteiger partial charge in [0.05, 0.1) is 12.1 Å². The van der Waals surface area contributed by atoms with Crippen LogP contribution in [-0.4, -0.2) is 27.9 Å². The zero-order valence-corrected chi connectivity index (χ0v) is 15.5. The lowest BCUT2D eigenvalue weighted by molar-refractivity contribution is -0.123. The molecule has 2 N–H and O–H groups in total. The maximum absolute atomic E-state index is 13.0. The number of nitrogens with zero attached hydrogens (tertiary/aromatic N) is 1. The lowest BCUT2D eigenvalue weighted by atomic mass is 10.1. The van der Waals surface area contributed by atoms with Gasteiger partial charge in [-0.1, -0.05) is 24.3 Å². The number of imide groups is 1. The van der Waals surface area contributed by atoms with Crippen LogP contribution in [-0.2, 0) is 11.3 Å². The number of nitrogens with one attached hydrogen (secondary N) is 1. The summed E-state index contributed by atoms with van der Waals surface area (Å²) in [6.07, 6.45) is 1.42. The van der Waals surface area contributed by atoms with Crippen molar-refractivity contribution in [3.63, 3.8) is 0 Å². The molecule has 0 aliphatic carbocycles. The van der Waals surface area contributed by atoms with Crippen LogP contribution in [0, 0.1) is 5.82 Å². The molecule has 1 aliphatic rings. The number of carbonyl (C=O) groups excluding carboxylic acids is 2. The van der Waals surface area contributed by atoms with Crippen molar-refractivity contribution in [3.05, 3.63) is 89.1 Å². The smallest absolute Gasteiger partial charge is 0.335 e. The summed E-state index contributed by atoms with van der Waals surface area (Å²) >= 11 is 0. The van der Waals surface area contributed by atoms with Gasteiger partial charge >= 0.3 is 12.0 Å². The van der Waals surface area contributed by atoms with Crippen molar-refractivity contribution >= 4 is 24.0 Å². The summed E-state index contributed by atoms with van der Waals surface area (Å²) in [6.45, 7) is 0.0155. The van der Waals surface area contributed by atoms with Crippen LogP contribution in [0.3, 0.4) is 0 Å². The molecule has 30 heavy (non-hydrogen) atoms. The Labute approximate surface area is 170 Å². The Bertz CT molecular complexity index is 1160. The molecule has 0 bridgehead atoms. The van der Waals surface area contributed by atoms with E-state index in [1.807, 2.05) is 0 Å². The number of hydrogen-bond acceptors (Lipinski definition) is 4. The molecule has 3 aromatic rings. The van der Waals surface area contributed by atoms with E-state index in [-0.39, 0.29) is 17.8 Å². The number of halogens is 1.